The van der Waals surface area contributed by atoms with Crippen molar-refractivity contribution >= 4 is 18.9 Å². The summed E-state index contributed by atoms with van der Waals surface area (Å²) in [4.78, 5) is 32.3. The maximum Gasteiger partial charge on any atom is 0.487 e. The van der Waals surface area contributed by atoms with Crippen molar-refractivity contribution in [3.63, 3.8) is 0 Å². The molecule has 226 valence electrons. The molecule has 3 saturated heterocycles. The van der Waals surface area contributed by atoms with Gasteiger partial charge < -0.3 is 19.5 Å². The molecule has 7 rings (SSSR count). The van der Waals surface area contributed by atoms with E-state index in [1.165, 1.54) is 5.56 Å². The minimum atomic E-state index is -1.27. The number of allylic oxidation sites excluding steroid dienone is 1. The van der Waals surface area contributed by atoms with Crippen molar-refractivity contribution < 1.29 is 29.1 Å². The first-order valence-electron chi connectivity index (χ1n) is 15.6. The van der Waals surface area contributed by atoms with Crippen LogP contribution < -0.4 is 4.74 Å². The first kappa shape index (κ1) is 28.8. The molecule has 9 heteroatoms. The Kier molecular flexibility index (Phi) is 8.01. The molecule has 0 unspecified atom stereocenters. The second-order valence-electron chi connectivity index (χ2n) is 12.4. The lowest BCUT2D eigenvalue weighted by Gasteiger charge is -2.42. The molecule has 4 atom stereocenters. The van der Waals surface area contributed by atoms with Gasteiger partial charge in [0, 0.05) is 31.2 Å². The monoisotopic (exact) mass is 592 g/mol. The topological polar surface area (TPSA) is 99.5 Å². The number of ether oxygens (including phenoxy) is 1. The van der Waals surface area contributed by atoms with Crippen molar-refractivity contribution in [2.75, 3.05) is 19.7 Å². The van der Waals surface area contributed by atoms with E-state index in [1.807, 2.05) is 54.6 Å². The van der Waals surface area contributed by atoms with Crippen LogP contribution in [0, 0.1) is 17.8 Å². The van der Waals surface area contributed by atoms with E-state index in [9.17, 15) is 19.7 Å². The van der Waals surface area contributed by atoms with Crippen LogP contribution in [-0.2, 0) is 20.8 Å². The van der Waals surface area contributed by atoms with Gasteiger partial charge in [0.25, 0.3) is 0 Å². The summed E-state index contributed by atoms with van der Waals surface area (Å²) in [7, 11) is -1.27. The maximum absolute atomic E-state index is 14.2. The van der Waals surface area contributed by atoms with Gasteiger partial charge in [-0.3, -0.25) is 19.4 Å². The number of para-hydroxylation sites is 2. The van der Waals surface area contributed by atoms with Gasteiger partial charge >= 0.3 is 7.12 Å². The highest BCUT2D eigenvalue weighted by Gasteiger charge is 2.59. The van der Waals surface area contributed by atoms with E-state index in [4.69, 9.17) is 9.39 Å². The summed E-state index contributed by atoms with van der Waals surface area (Å²) in [5, 5.41) is 22.0. The number of phenolic OH excluding ortho intramolecular Hbond substituents is 1. The van der Waals surface area contributed by atoms with Crippen LogP contribution in [0.3, 0.4) is 0 Å². The van der Waals surface area contributed by atoms with E-state index in [1.54, 1.807) is 23.1 Å². The fourth-order valence-corrected chi connectivity index (χ4v) is 7.75. The molecule has 0 radical (unpaired) electrons. The fraction of sp³-hybridized carbons (Fsp3) is 0.371. The second-order valence-corrected chi connectivity index (χ2v) is 12.4. The highest BCUT2D eigenvalue weighted by Crippen LogP contribution is 2.52. The van der Waals surface area contributed by atoms with E-state index in [2.05, 4.69) is 17.0 Å². The lowest BCUT2D eigenvalue weighted by molar-refractivity contribution is -0.144. The Labute approximate surface area is 258 Å². The molecule has 0 spiro atoms. The second kappa shape index (κ2) is 12.2. The van der Waals surface area contributed by atoms with Gasteiger partial charge in [-0.15, -0.1) is 0 Å². The molecular formula is C35H37BN2O6. The third kappa shape index (κ3) is 5.44. The van der Waals surface area contributed by atoms with Gasteiger partial charge in [0.1, 0.15) is 18.1 Å². The van der Waals surface area contributed by atoms with Crippen LogP contribution in [0.5, 0.6) is 11.5 Å². The van der Waals surface area contributed by atoms with Gasteiger partial charge in [-0.05, 0) is 66.4 Å². The number of rotatable bonds is 7. The standard InChI is InChI=1S/C35H37BN2O6/c39-30-14-8-7-13-27(30)31-20-28-32-29(19-24(33(28)36(42)44-31)22-43-26-11-5-2-6-12-26)34(40)38(35(32)41)25-15-17-37(18-16-25)21-23-9-3-1-4-10-23/h1-14,25,28-29,31-32,39,42H,15-22H2/t28-,29-,31-,32+/m0/s1. The first-order valence-corrected chi connectivity index (χ1v) is 15.6. The summed E-state index contributed by atoms with van der Waals surface area (Å²) in [5.74, 6) is -0.980. The maximum atomic E-state index is 14.2. The predicted molar refractivity (Wildman–Crippen MR) is 165 cm³/mol. The third-order valence-corrected chi connectivity index (χ3v) is 9.86. The van der Waals surface area contributed by atoms with Crippen molar-refractivity contribution in [2.24, 2.45) is 17.8 Å². The van der Waals surface area contributed by atoms with Crippen molar-refractivity contribution in [3.05, 3.63) is 107 Å². The number of benzene rings is 3. The zero-order valence-corrected chi connectivity index (χ0v) is 24.6. The van der Waals surface area contributed by atoms with Crippen LogP contribution >= 0.6 is 0 Å². The molecule has 0 aromatic heterocycles. The molecule has 0 saturated carbocycles. The van der Waals surface area contributed by atoms with Crippen molar-refractivity contribution in [1.82, 2.24) is 9.80 Å². The molecular weight excluding hydrogens is 555 g/mol. The smallest absolute Gasteiger partial charge is 0.487 e. The third-order valence-electron chi connectivity index (χ3n) is 9.86. The Morgan fingerprint density at radius 1 is 0.864 bits per heavy atom. The summed E-state index contributed by atoms with van der Waals surface area (Å²) in [6.07, 6.45) is 1.59. The van der Waals surface area contributed by atoms with Gasteiger partial charge in [0.05, 0.1) is 17.9 Å². The quantitative estimate of drug-likeness (QED) is 0.307. The summed E-state index contributed by atoms with van der Waals surface area (Å²) >= 11 is 0. The minimum Gasteiger partial charge on any atom is -0.508 e. The zero-order chi connectivity index (χ0) is 30.2. The molecule has 0 bridgehead atoms. The number of aromatic hydroxyl groups is 1. The van der Waals surface area contributed by atoms with Crippen molar-refractivity contribution in [3.8, 4) is 11.5 Å². The highest BCUT2D eigenvalue weighted by molar-refractivity contribution is 6.53. The van der Waals surface area contributed by atoms with Crippen molar-refractivity contribution in [1.29, 1.82) is 0 Å². The predicted octanol–water partition coefficient (Wildman–Crippen LogP) is 4.53. The van der Waals surface area contributed by atoms with Crippen LogP contribution in [0.4, 0.5) is 0 Å². The zero-order valence-electron chi connectivity index (χ0n) is 24.6. The molecule has 3 fully saturated rings. The van der Waals surface area contributed by atoms with Gasteiger partial charge in [0.15, 0.2) is 0 Å². The number of carbonyl (C=O) groups is 2. The van der Waals surface area contributed by atoms with E-state index in [-0.39, 0.29) is 30.2 Å². The van der Waals surface area contributed by atoms with E-state index >= 15 is 0 Å². The Balaban J connectivity index is 1.14. The van der Waals surface area contributed by atoms with Crippen LogP contribution in [0.25, 0.3) is 0 Å². The van der Waals surface area contributed by atoms with Gasteiger partial charge in [-0.25, -0.2) is 0 Å². The number of hydrogen-bond acceptors (Lipinski definition) is 7. The van der Waals surface area contributed by atoms with Crippen LogP contribution in [0.1, 0.15) is 42.9 Å². The number of nitrogens with zero attached hydrogens (tertiary/aromatic N) is 2. The highest BCUT2D eigenvalue weighted by atomic mass is 16.5. The number of hydrogen-bond donors (Lipinski definition) is 2. The SMILES string of the molecule is O=C1[C@H]2[C@H](CC(COc3ccccc3)=C3B(O)O[C@H](c4ccccc4O)C[C@H]32)C(=O)N1C1CCN(Cc2ccccc2)CC1. The lowest BCUT2D eigenvalue weighted by atomic mass is 9.55. The van der Waals surface area contributed by atoms with Crippen LogP contribution in [0.2, 0.25) is 0 Å². The average molecular weight is 593 g/mol. The molecule has 3 aliphatic heterocycles. The number of piperidine rings is 1. The molecule has 2 N–H and O–H groups in total. The minimum absolute atomic E-state index is 0.0786. The van der Waals surface area contributed by atoms with E-state index in [0.717, 1.165) is 38.0 Å². The van der Waals surface area contributed by atoms with E-state index in [0.29, 0.717) is 29.6 Å². The number of fused-ring (bicyclic) bond motifs is 3. The van der Waals surface area contributed by atoms with Gasteiger partial charge in [-0.2, -0.15) is 0 Å². The largest absolute Gasteiger partial charge is 0.508 e. The Morgan fingerprint density at radius 2 is 1.55 bits per heavy atom. The first-order chi connectivity index (χ1) is 21.5. The number of amides is 2. The summed E-state index contributed by atoms with van der Waals surface area (Å²) in [5.41, 5.74) is 3.28. The summed E-state index contributed by atoms with van der Waals surface area (Å²) < 4.78 is 12.2. The Morgan fingerprint density at radius 3 is 2.27 bits per heavy atom. The molecule has 3 heterocycles. The Hall–Kier alpha value is -3.92. The number of imide groups is 1. The molecule has 3 aromatic carbocycles. The molecule has 3 aromatic rings. The van der Waals surface area contributed by atoms with Gasteiger partial charge in [0.2, 0.25) is 11.8 Å². The van der Waals surface area contributed by atoms with Crippen LogP contribution in [0.15, 0.2) is 96.0 Å². The number of carbonyl (C=O) groups excluding carboxylic acids is 2. The molecule has 8 nitrogen and oxygen atoms in total. The summed E-state index contributed by atoms with van der Waals surface area (Å²) in [6, 6.07) is 26.6. The normalized spacial score (nSPS) is 26.1. The van der Waals surface area contributed by atoms with Gasteiger partial charge in [-0.1, -0.05) is 66.7 Å². The molecule has 4 aliphatic rings. The van der Waals surface area contributed by atoms with Crippen molar-refractivity contribution in [2.45, 2.75) is 44.4 Å². The number of phenols is 1. The summed E-state index contributed by atoms with van der Waals surface area (Å²) in [6.45, 7) is 2.68. The Bertz CT molecular complexity index is 1540. The lowest BCUT2D eigenvalue weighted by Crippen LogP contribution is -2.48. The average Bonchev–Trinajstić information content (AvgIpc) is 3.30. The fourth-order valence-electron chi connectivity index (χ4n) is 7.75. The molecule has 2 amide bonds. The number of likely N-dealkylation sites (tertiary alicyclic amines) is 2. The molecule has 1 aliphatic carbocycles. The molecule has 44 heavy (non-hydrogen) atoms. The van der Waals surface area contributed by atoms with E-state index < -0.39 is 31.0 Å². The van der Waals surface area contributed by atoms with Crippen LogP contribution in [-0.4, -0.2) is 64.6 Å².